The number of rotatable bonds is 12. The molecule has 2 aromatic carbocycles. The van der Waals surface area contributed by atoms with Gasteiger partial charge in [0.2, 0.25) is 0 Å². The van der Waals surface area contributed by atoms with Crippen LogP contribution in [0.2, 0.25) is 0 Å². The number of nitrogens with one attached hydrogen (secondary N) is 2. The molecule has 0 fully saturated rings. The predicted octanol–water partition coefficient (Wildman–Crippen LogP) is 2.92. The SMILES string of the molecule is CCCOc1ccc(-c2cc(C(C(=O)NCCC[N+](C)(C)C)N3Cc4[nH]c(-c5cccc(F)c5F)nc4C=N3)on2)c(C(F)(F)F)c1.[Cl-]. The van der Waals surface area contributed by atoms with Gasteiger partial charge in [-0.1, -0.05) is 18.1 Å². The number of hydrogen-bond acceptors (Lipinski definition) is 7. The third-order valence-electron chi connectivity index (χ3n) is 7.36. The number of amides is 1. The van der Waals surface area contributed by atoms with Crippen LogP contribution < -0.4 is 22.5 Å². The zero-order chi connectivity index (χ0) is 33.9. The summed E-state index contributed by atoms with van der Waals surface area (Å²) in [5, 5.41) is 12.5. The molecule has 5 rings (SSSR count). The Morgan fingerprint density at radius 3 is 2.62 bits per heavy atom. The molecule has 48 heavy (non-hydrogen) atoms. The van der Waals surface area contributed by atoms with Crippen LogP contribution in [0.1, 0.15) is 48.5 Å². The second-order valence-corrected chi connectivity index (χ2v) is 12.1. The lowest BCUT2D eigenvalue weighted by Crippen LogP contribution is -3.00. The molecule has 2 N–H and O–H groups in total. The van der Waals surface area contributed by atoms with E-state index < -0.39 is 35.3 Å². The molecular formula is C32H35ClF5N7O3. The maximum absolute atomic E-state index is 14.5. The number of imidazole rings is 1. The van der Waals surface area contributed by atoms with Crippen LogP contribution in [0.3, 0.4) is 0 Å². The highest BCUT2D eigenvalue weighted by atomic mass is 35.5. The van der Waals surface area contributed by atoms with Gasteiger partial charge in [0.25, 0.3) is 5.91 Å². The summed E-state index contributed by atoms with van der Waals surface area (Å²) in [6, 6.07) is 7.32. The Labute approximate surface area is 280 Å². The molecule has 0 saturated carbocycles. The number of nitrogens with zero attached hydrogens (tertiary/aromatic N) is 5. The number of benzene rings is 2. The number of alkyl halides is 3. The number of quaternary nitrogens is 1. The number of aromatic amines is 1. The lowest BCUT2D eigenvalue weighted by Gasteiger charge is -2.28. The first kappa shape index (κ1) is 36.3. The second-order valence-electron chi connectivity index (χ2n) is 12.1. The van der Waals surface area contributed by atoms with Crippen molar-refractivity contribution in [3.63, 3.8) is 0 Å². The zero-order valence-electron chi connectivity index (χ0n) is 26.7. The fraction of sp³-hybridized carbons (Fsp3) is 0.375. The molecule has 1 aliphatic heterocycles. The molecule has 1 amide bonds. The van der Waals surface area contributed by atoms with E-state index in [1.54, 1.807) is 0 Å². The maximum atomic E-state index is 14.5. The summed E-state index contributed by atoms with van der Waals surface area (Å²) in [6.07, 6.45) is -2.10. The molecule has 258 valence electrons. The van der Waals surface area contributed by atoms with E-state index >= 15 is 0 Å². The number of hydrogen-bond donors (Lipinski definition) is 2. The number of carbonyl (C=O) groups is 1. The van der Waals surface area contributed by atoms with Gasteiger partial charge < -0.3 is 36.5 Å². The smallest absolute Gasteiger partial charge is 0.417 e. The van der Waals surface area contributed by atoms with E-state index in [1.807, 2.05) is 28.1 Å². The highest BCUT2D eigenvalue weighted by Gasteiger charge is 2.37. The van der Waals surface area contributed by atoms with Crippen molar-refractivity contribution in [1.82, 2.24) is 25.5 Å². The van der Waals surface area contributed by atoms with Crippen LogP contribution in [0.15, 0.2) is 52.1 Å². The molecule has 4 aromatic rings. The van der Waals surface area contributed by atoms with E-state index in [-0.39, 0.29) is 59.7 Å². The molecule has 0 aliphatic carbocycles. The highest BCUT2D eigenvalue weighted by molar-refractivity contribution is 5.85. The minimum Gasteiger partial charge on any atom is -1.00 e. The number of hydrazone groups is 1. The minimum absolute atomic E-state index is 0. The number of H-pyrrole nitrogens is 1. The van der Waals surface area contributed by atoms with Crippen molar-refractivity contribution in [2.45, 2.75) is 38.5 Å². The van der Waals surface area contributed by atoms with E-state index in [4.69, 9.17) is 9.26 Å². The van der Waals surface area contributed by atoms with E-state index in [0.717, 1.165) is 18.7 Å². The Morgan fingerprint density at radius 2 is 1.92 bits per heavy atom. The fourth-order valence-corrected chi connectivity index (χ4v) is 5.06. The summed E-state index contributed by atoms with van der Waals surface area (Å²) in [6.45, 7) is 3.14. The van der Waals surface area contributed by atoms with Gasteiger partial charge in [-0.3, -0.25) is 9.80 Å². The van der Waals surface area contributed by atoms with Gasteiger partial charge in [0, 0.05) is 24.6 Å². The van der Waals surface area contributed by atoms with Gasteiger partial charge in [-0.15, -0.1) is 0 Å². The normalized spacial score (nSPS) is 13.6. The molecule has 3 heterocycles. The van der Waals surface area contributed by atoms with Gasteiger partial charge in [-0.05, 0) is 36.8 Å². The summed E-state index contributed by atoms with van der Waals surface area (Å²) in [7, 11) is 6.06. The van der Waals surface area contributed by atoms with Gasteiger partial charge in [-0.2, -0.15) is 18.3 Å². The Balaban J connectivity index is 0.00000520. The number of halogens is 6. The first-order chi connectivity index (χ1) is 22.2. The summed E-state index contributed by atoms with van der Waals surface area (Å²) >= 11 is 0. The zero-order valence-corrected chi connectivity index (χ0v) is 27.4. The average molecular weight is 696 g/mol. The lowest BCUT2D eigenvalue weighted by molar-refractivity contribution is -0.870. The van der Waals surface area contributed by atoms with Crippen molar-refractivity contribution in [1.29, 1.82) is 0 Å². The quantitative estimate of drug-likeness (QED) is 0.134. The highest BCUT2D eigenvalue weighted by Crippen LogP contribution is 2.40. The topological polar surface area (TPSA) is 109 Å². The van der Waals surface area contributed by atoms with E-state index in [0.29, 0.717) is 35.3 Å². The monoisotopic (exact) mass is 695 g/mol. The van der Waals surface area contributed by atoms with Gasteiger partial charge in [0.05, 0.1) is 63.9 Å². The van der Waals surface area contributed by atoms with Crippen LogP contribution in [-0.2, 0) is 17.5 Å². The number of fused-ring (bicyclic) bond motifs is 1. The molecule has 0 radical (unpaired) electrons. The third-order valence-corrected chi connectivity index (χ3v) is 7.36. The van der Waals surface area contributed by atoms with Crippen molar-refractivity contribution in [3.05, 3.63) is 76.8 Å². The van der Waals surface area contributed by atoms with Crippen LogP contribution in [0.25, 0.3) is 22.6 Å². The van der Waals surface area contributed by atoms with Gasteiger partial charge >= 0.3 is 6.18 Å². The first-order valence-corrected chi connectivity index (χ1v) is 15.0. The summed E-state index contributed by atoms with van der Waals surface area (Å²) in [4.78, 5) is 21.0. The van der Waals surface area contributed by atoms with Crippen LogP contribution in [-0.4, -0.2) is 77.6 Å². The van der Waals surface area contributed by atoms with E-state index in [1.165, 1.54) is 41.6 Å². The lowest BCUT2D eigenvalue weighted by atomic mass is 10.0. The predicted molar refractivity (Wildman–Crippen MR) is 163 cm³/mol. The number of carbonyl (C=O) groups excluding carboxylic acids is 1. The fourth-order valence-electron chi connectivity index (χ4n) is 5.06. The molecule has 10 nitrogen and oxygen atoms in total. The third kappa shape index (κ3) is 8.31. The standard InChI is InChI=1S/C32H34F5N7O3.ClH/c1-5-14-46-19-10-11-20(22(15-19)32(35,36)37)24-16-27(47-42-24)29(31(45)38-12-7-13-44(2,3)4)43-18-26-25(17-39-43)40-30(41-26)21-8-6-9-23(33)28(21)34;/h6,8-11,15-17,29H,5,7,12-14,18H2,1-4H3,(H-,38,39,40,41,45);1H. The molecule has 1 aliphatic rings. The first-order valence-electron chi connectivity index (χ1n) is 15.0. The van der Waals surface area contributed by atoms with Crippen LogP contribution in [0, 0.1) is 11.6 Å². The Morgan fingerprint density at radius 1 is 1.15 bits per heavy atom. The van der Waals surface area contributed by atoms with Crippen molar-refractivity contribution in [2.75, 3.05) is 40.8 Å². The summed E-state index contributed by atoms with van der Waals surface area (Å²) < 4.78 is 82.4. The van der Waals surface area contributed by atoms with Gasteiger partial charge in [0.15, 0.2) is 23.4 Å². The van der Waals surface area contributed by atoms with Crippen molar-refractivity contribution in [3.8, 4) is 28.4 Å². The van der Waals surface area contributed by atoms with Crippen LogP contribution in [0.5, 0.6) is 5.75 Å². The molecule has 16 heteroatoms. The van der Waals surface area contributed by atoms with Gasteiger partial charge in [0.1, 0.15) is 23.0 Å². The Kier molecular flexibility index (Phi) is 11.1. The second kappa shape index (κ2) is 14.7. The van der Waals surface area contributed by atoms with Crippen molar-refractivity contribution < 1.29 is 52.9 Å². The molecular weight excluding hydrogens is 661 g/mol. The van der Waals surface area contributed by atoms with E-state index in [2.05, 4.69) is 25.5 Å². The Hall–Kier alpha value is -4.50. The van der Waals surface area contributed by atoms with Gasteiger partial charge in [-0.25, -0.2) is 13.8 Å². The van der Waals surface area contributed by atoms with E-state index in [9.17, 15) is 26.7 Å². The molecule has 0 bridgehead atoms. The molecule has 1 unspecified atom stereocenters. The number of ether oxygens (including phenoxy) is 1. The summed E-state index contributed by atoms with van der Waals surface area (Å²) in [5.41, 5.74) is -0.647. The molecule has 1 atom stereocenters. The molecule has 0 spiro atoms. The molecule has 0 saturated heterocycles. The van der Waals surface area contributed by atoms with Crippen LogP contribution >= 0.6 is 0 Å². The number of aromatic nitrogens is 3. The van der Waals surface area contributed by atoms with Crippen LogP contribution in [0.4, 0.5) is 22.0 Å². The molecule has 2 aromatic heterocycles. The largest absolute Gasteiger partial charge is 1.00 e. The van der Waals surface area contributed by atoms with Crippen molar-refractivity contribution >= 4 is 12.1 Å². The average Bonchev–Trinajstić information content (AvgIpc) is 3.66. The minimum atomic E-state index is -4.73. The Bertz CT molecular complexity index is 1770. The maximum Gasteiger partial charge on any atom is 0.417 e. The summed E-state index contributed by atoms with van der Waals surface area (Å²) in [5.74, 6) is -2.56. The van der Waals surface area contributed by atoms with Crippen molar-refractivity contribution in [2.24, 2.45) is 5.10 Å².